The lowest BCUT2D eigenvalue weighted by atomic mass is 9.79. The van der Waals surface area contributed by atoms with E-state index in [1.807, 2.05) is 6.07 Å². The number of nitrogens with two attached hydrogens (primary N) is 1. The Bertz CT molecular complexity index is 1400. The number of hydrogen-bond acceptors (Lipinski definition) is 5. The number of fused-ring (bicyclic) bond motifs is 3. The molecule has 5 atom stereocenters. The number of nitrogens with zero attached hydrogens (tertiary/aromatic N) is 1. The van der Waals surface area contributed by atoms with Crippen LogP contribution in [0, 0.1) is 18.8 Å². The summed E-state index contributed by atoms with van der Waals surface area (Å²) >= 11 is 1.70. The number of carbonyl (C=O) groups is 3. The summed E-state index contributed by atoms with van der Waals surface area (Å²) in [6.45, 7) is 2.49. The number of para-hydroxylation sites is 1. The van der Waals surface area contributed by atoms with Crippen molar-refractivity contribution >= 4 is 34.7 Å². The first kappa shape index (κ1) is 25.6. The number of rotatable bonds is 5. The number of nitrogens with one attached hydrogen (secondary N) is 2. The zero-order chi connectivity index (χ0) is 27.1. The zero-order valence-corrected chi connectivity index (χ0v) is 22.9. The van der Waals surface area contributed by atoms with Crippen LogP contribution in [0.1, 0.15) is 81.6 Å². The predicted molar refractivity (Wildman–Crippen MR) is 153 cm³/mol. The van der Waals surface area contributed by atoms with Crippen molar-refractivity contribution in [2.75, 3.05) is 11.9 Å². The van der Waals surface area contributed by atoms with E-state index in [9.17, 15) is 14.4 Å². The molecule has 202 valence electrons. The molecule has 2 aliphatic heterocycles. The molecule has 0 spiro atoms. The van der Waals surface area contributed by atoms with Crippen molar-refractivity contribution in [1.82, 2.24) is 10.2 Å². The van der Waals surface area contributed by atoms with Crippen LogP contribution in [0.25, 0.3) is 0 Å². The fourth-order valence-corrected chi connectivity index (χ4v) is 7.60. The fourth-order valence-electron chi connectivity index (χ4n) is 6.90. The Morgan fingerprint density at radius 3 is 2.64 bits per heavy atom. The van der Waals surface area contributed by atoms with E-state index in [1.165, 1.54) is 11.1 Å². The van der Waals surface area contributed by atoms with E-state index in [-0.39, 0.29) is 35.9 Å². The van der Waals surface area contributed by atoms with Crippen LogP contribution in [0.2, 0.25) is 0 Å². The topological polar surface area (TPSA) is 105 Å². The summed E-state index contributed by atoms with van der Waals surface area (Å²) in [5, 5.41) is 11.3. The standard InChI is InChI=1S/C31H34N4O3S/c1-18-16-19(10-11-21(18)29(32)36)30(37)34-26-9-5-3-7-23(26)31(38)35-14-12-24-27(20-13-15-39-17-20)33-25-8-4-2-6-22(25)28(24)35/h2,4,6,8,10-11,13,15-17,23-24,26-28,33H,3,5,7,9,12,14H2,1H3,(H2,32,36)(H,34,37)/t23-,24+,26+,27-,28-/m0/s1. The van der Waals surface area contributed by atoms with E-state index >= 15 is 0 Å². The first-order valence-electron chi connectivity index (χ1n) is 13.8. The van der Waals surface area contributed by atoms with Gasteiger partial charge in [0, 0.05) is 35.3 Å². The summed E-state index contributed by atoms with van der Waals surface area (Å²) in [7, 11) is 0. The van der Waals surface area contributed by atoms with Crippen LogP contribution in [-0.4, -0.2) is 35.2 Å². The highest BCUT2D eigenvalue weighted by Crippen LogP contribution is 2.52. The number of carbonyl (C=O) groups excluding carboxylic acids is 3. The number of aryl methyl sites for hydroxylation is 1. The van der Waals surface area contributed by atoms with Gasteiger partial charge >= 0.3 is 0 Å². The lowest BCUT2D eigenvalue weighted by Crippen LogP contribution is -2.50. The quantitative estimate of drug-likeness (QED) is 0.412. The van der Waals surface area contributed by atoms with Gasteiger partial charge in [-0.1, -0.05) is 31.0 Å². The van der Waals surface area contributed by atoms with Crippen molar-refractivity contribution in [1.29, 1.82) is 0 Å². The first-order chi connectivity index (χ1) is 18.9. The molecular formula is C31H34N4O3S. The molecule has 1 aliphatic carbocycles. The first-order valence-corrected chi connectivity index (χ1v) is 14.8. The van der Waals surface area contributed by atoms with Crippen LogP contribution < -0.4 is 16.4 Å². The van der Waals surface area contributed by atoms with Crippen molar-refractivity contribution < 1.29 is 14.4 Å². The molecule has 1 aromatic heterocycles. The number of anilines is 1. The normalized spacial score (nSPS) is 25.8. The van der Waals surface area contributed by atoms with Crippen molar-refractivity contribution in [3.63, 3.8) is 0 Å². The highest BCUT2D eigenvalue weighted by Gasteiger charge is 2.48. The Labute approximate surface area is 232 Å². The van der Waals surface area contributed by atoms with Crippen molar-refractivity contribution in [3.05, 3.63) is 87.1 Å². The molecule has 7 nitrogen and oxygen atoms in total. The molecule has 1 saturated heterocycles. The van der Waals surface area contributed by atoms with Gasteiger partial charge in [0.05, 0.1) is 18.0 Å². The molecule has 2 fully saturated rings. The molecule has 2 aromatic carbocycles. The Hall–Kier alpha value is -3.65. The van der Waals surface area contributed by atoms with Gasteiger partial charge in [-0.15, -0.1) is 0 Å². The minimum atomic E-state index is -0.512. The van der Waals surface area contributed by atoms with Crippen molar-refractivity contribution in [2.45, 2.75) is 57.2 Å². The summed E-state index contributed by atoms with van der Waals surface area (Å²) in [6, 6.07) is 15.4. The van der Waals surface area contributed by atoms with Gasteiger partial charge in [-0.2, -0.15) is 11.3 Å². The van der Waals surface area contributed by atoms with E-state index in [2.05, 4.69) is 50.6 Å². The van der Waals surface area contributed by atoms with Crippen LogP contribution >= 0.6 is 11.3 Å². The number of primary amides is 1. The van der Waals surface area contributed by atoms with Gasteiger partial charge in [0.15, 0.2) is 0 Å². The largest absolute Gasteiger partial charge is 0.378 e. The number of likely N-dealkylation sites (tertiary alicyclic amines) is 1. The smallest absolute Gasteiger partial charge is 0.251 e. The van der Waals surface area contributed by atoms with Gasteiger partial charge in [-0.05, 0) is 84.0 Å². The average Bonchev–Trinajstić information content (AvgIpc) is 3.63. The summed E-state index contributed by atoms with van der Waals surface area (Å²) in [6.07, 6.45) is 4.44. The molecule has 8 heteroatoms. The van der Waals surface area contributed by atoms with E-state index in [4.69, 9.17) is 5.73 Å². The lowest BCUT2D eigenvalue weighted by Gasteiger charge is -2.41. The van der Waals surface area contributed by atoms with E-state index in [0.29, 0.717) is 22.6 Å². The van der Waals surface area contributed by atoms with Crippen molar-refractivity contribution in [2.24, 2.45) is 17.6 Å². The maximum Gasteiger partial charge on any atom is 0.251 e. The van der Waals surface area contributed by atoms with Gasteiger partial charge in [0.2, 0.25) is 11.8 Å². The lowest BCUT2D eigenvalue weighted by molar-refractivity contribution is -0.138. The summed E-state index contributed by atoms with van der Waals surface area (Å²) in [4.78, 5) is 41.2. The maximum atomic E-state index is 14.3. The number of thiophene rings is 1. The molecular weight excluding hydrogens is 508 g/mol. The van der Waals surface area contributed by atoms with Crippen LogP contribution in [-0.2, 0) is 4.79 Å². The third-order valence-corrected chi connectivity index (χ3v) is 9.50. The van der Waals surface area contributed by atoms with Gasteiger partial charge in [0.25, 0.3) is 5.91 Å². The molecule has 39 heavy (non-hydrogen) atoms. The SMILES string of the molecule is Cc1cc(C(=O)N[C@@H]2CCCC[C@@H]2C(=O)N2CC[C@@H]3[C@H](c4ccsc4)Nc4ccccc4[C@@H]32)ccc1C(N)=O. The molecule has 3 aliphatic rings. The minimum Gasteiger partial charge on any atom is -0.378 e. The van der Waals surface area contributed by atoms with E-state index < -0.39 is 5.91 Å². The van der Waals surface area contributed by atoms with Crippen molar-refractivity contribution in [3.8, 4) is 0 Å². The predicted octanol–water partition coefficient (Wildman–Crippen LogP) is 5.20. The average molecular weight is 543 g/mol. The summed E-state index contributed by atoms with van der Waals surface area (Å²) in [5.74, 6) is -0.547. The third kappa shape index (κ3) is 4.71. The fraction of sp³-hybridized carbons (Fsp3) is 0.387. The highest BCUT2D eigenvalue weighted by molar-refractivity contribution is 7.08. The molecule has 0 radical (unpaired) electrons. The molecule has 1 saturated carbocycles. The van der Waals surface area contributed by atoms with Gasteiger partial charge < -0.3 is 21.3 Å². The summed E-state index contributed by atoms with van der Waals surface area (Å²) < 4.78 is 0. The Balaban J connectivity index is 1.24. The number of benzene rings is 2. The van der Waals surface area contributed by atoms with Crippen LogP contribution in [0.15, 0.2) is 59.3 Å². The summed E-state index contributed by atoms with van der Waals surface area (Å²) in [5.41, 5.74) is 10.5. The Kier molecular flexibility index (Phi) is 6.89. The third-order valence-electron chi connectivity index (χ3n) is 8.80. The second-order valence-corrected chi connectivity index (χ2v) is 11.8. The van der Waals surface area contributed by atoms with Crippen LogP contribution in [0.4, 0.5) is 5.69 Å². The van der Waals surface area contributed by atoms with E-state index in [1.54, 1.807) is 36.5 Å². The van der Waals surface area contributed by atoms with Gasteiger partial charge in [-0.3, -0.25) is 14.4 Å². The second-order valence-electron chi connectivity index (χ2n) is 11.1. The maximum absolute atomic E-state index is 14.3. The van der Waals surface area contributed by atoms with Crippen LogP contribution in [0.5, 0.6) is 0 Å². The van der Waals surface area contributed by atoms with E-state index in [0.717, 1.165) is 44.3 Å². The molecule has 6 rings (SSSR count). The van der Waals surface area contributed by atoms with Gasteiger partial charge in [-0.25, -0.2) is 0 Å². The Morgan fingerprint density at radius 1 is 1.05 bits per heavy atom. The number of amides is 3. The molecule has 0 unspecified atom stereocenters. The Morgan fingerprint density at radius 2 is 1.87 bits per heavy atom. The molecule has 4 N–H and O–H groups in total. The molecule has 3 aromatic rings. The monoisotopic (exact) mass is 542 g/mol. The second kappa shape index (κ2) is 10.5. The van der Waals surface area contributed by atoms with Gasteiger partial charge in [0.1, 0.15) is 0 Å². The number of hydrogen-bond donors (Lipinski definition) is 3. The zero-order valence-electron chi connectivity index (χ0n) is 22.1. The molecule has 3 amide bonds. The highest BCUT2D eigenvalue weighted by atomic mass is 32.1. The molecule has 0 bridgehead atoms. The molecule has 3 heterocycles. The minimum absolute atomic E-state index is 0.0159. The van der Waals surface area contributed by atoms with Crippen LogP contribution in [0.3, 0.4) is 0 Å².